The van der Waals surface area contributed by atoms with Crippen LogP contribution in [0.5, 0.6) is 0 Å². The van der Waals surface area contributed by atoms with Crippen LogP contribution in [0.2, 0.25) is 5.02 Å². The monoisotopic (exact) mass is 237 g/mol. The topological polar surface area (TPSA) is 35.2 Å². The number of benzene rings is 1. The fourth-order valence-corrected chi connectivity index (χ4v) is 2.17. The van der Waals surface area contributed by atoms with Crippen molar-refractivity contribution in [3.05, 3.63) is 46.2 Å². The second-order valence-electron chi connectivity index (χ2n) is 4.12. The van der Waals surface area contributed by atoms with Crippen LogP contribution in [-0.2, 0) is 4.74 Å². The molecule has 0 radical (unpaired) electrons. The Morgan fingerprint density at radius 2 is 2.25 bits per heavy atom. The molecule has 3 heteroatoms. The lowest BCUT2D eigenvalue weighted by molar-refractivity contribution is 0.221. The van der Waals surface area contributed by atoms with Crippen molar-refractivity contribution >= 4 is 11.6 Å². The predicted molar refractivity (Wildman–Crippen MR) is 66.4 cm³/mol. The van der Waals surface area contributed by atoms with E-state index in [2.05, 4.69) is 0 Å². The number of halogens is 1. The van der Waals surface area contributed by atoms with Gasteiger partial charge in [0.15, 0.2) is 0 Å². The Hall–Kier alpha value is -0.990. The molecule has 1 aromatic carbocycles. The molecule has 2 rings (SSSR count). The van der Waals surface area contributed by atoms with Gasteiger partial charge in [0.1, 0.15) is 0 Å². The van der Waals surface area contributed by atoms with Gasteiger partial charge < -0.3 is 10.5 Å². The maximum Gasteiger partial charge on any atom is 0.0876 e. The van der Waals surface area contributed by atoms with E-state index in [1.165, 1.54) is 0 Å². The Kier molecular flexibility index (Phi) is 3.52. The molecule has 1 aromatic rings. The normalized spacial score (nSPS) is 17.6. The Balaban J connectivity index is 2.29. The molecule has 0 aliphatic carbocycles. The third-order valence-corrected chi connectivity index (χ3v) is 3.43. The molecule has 16 heavy (non-hydrogen) atoms. The first kappa shape index (κ1) is 11.5. The molecule has 1 atom stereocenters. The minimum Gasteiger partial charge on any atom is -0.501 e. The van der Waals surface area contributed by atoms with Crippen LogP contribution < -0.4 is 5.73 Å². The SMILES string of the molecule is Cc1cccc(C(N)C2=COCCC2)c1Cl. The average molecular weight is 238 g/mol. The zero-order chi connectivity index (χ0) is 11.5. The molecule has 1 aliphatic rings. The molecule has 1 unspecified atom stereocenters. The first-order chi connectivity index (χ1) is 7.70. The Morgan fingerprint density at radius 3 is 2.94 bits per heavy atom. The maximum atomic E-state index is 6.26. The highest BCUT2D eigenvalue weighted by molar-refractivity contribution is 6.32. The van der Waals surface area contributed by atoms with Crippen molar-refractivity contribution in [3.8, 4) is 0 Å². The summed E-state index contributed by atoms with van der Waals surface area (Å²) in [5.74, 6) is 0. The number of rotatable bonds is 2. The van der Waals surface area contributed by atoms with Crippen molar-refractivity contribution in [2.75, 3.05) is 6.61 Å². The molecule has 1 heterocycles. The molecule has 1 aliphatic heterocycles. The Bertz CT molecular complexity index is 414. The Labute approximate surface area is 101 Å². The van der Waals surface area contributed by atoms with Crippen LogP contribution in [-0.4, -0.2) is 6.61 Å². The lowest BCUT2D eigenvalue weighted by Gasteiger charge is -2.21. The van der Waals surface area contributed by atoms with Gasteiger partial charge in [-0.1, -0.05) is 29.8 Å². The number of ether oxygens (including phenoxy) is 1. The zero-order valence-electron chi connectivity index (χ0n) is 9.37. The summed E-state index contributed by atoms with van der Waals surface area (Å²) in [6, 6.07) is 5.81. The molecule has 0 fully saturated rings. The minimum absolute atomic E-state index is 0.146. The second-order valence-corrected chi connectivity index (χ2v) is 4.50. The molecule has 2 N–H and O–H groups in total. The van der Waals surface area contributed by atoms with Crippen molar-refractivity contribution in [1.29, 1.82) is 0 Å². The quantitative estimate of drug-likeness (QED) is 0.856. The van der Waals surface area contributed by atoms with E-state index < -0.39 is 0 Å². The van der Waals surface area contributed by atoms with Crippen LogP contribution >= 0.6 is 11.6 Å². The van der Waals surface area contributed by atoms with Crippen LogP contribution in [0.1, 0.15) is 30.0 Å². The first-order valence-corrected chi connectivity index (χ1v) is 5.89. The smallest absolute Gasteiger partial charge is 0.0876 e. The highest BCUT2D eigenvalue weighted by Gasteiger charge is 2.17. The third kappa shape index (κ3) is 2.23. The summed E-state index contributed by atoms with van der Waals surface area (Å²) < 4.78 is 5.31. The molecule has 2 nitrogen and oxygen atoms in total. The van der Waals surface area contributed by atoms with E-state index >= 15 is 0 Å². The average Bonchev–Trinajstić information content (AvgIpc) is 2.33. The van der Waals surface area contributed by atoms with Gasteiger partial charge >= 0.3 is 0 Å². The molecule has 0 spiro atoms. The third-order valence-electron chi connectivity index (χ3n) is 2.92. The van der Waals surface area contributed by atoms with E-state index in [9.17, 15) is 0 Å². The van der Waals surface area contributed by atoms with E-state index in [0.29, 0.717) is 0 Å². The van der Waals surface area contributed by atoms with Crippen molar-refractivity contribution < 1.29 is 4.74 Å². The van der Waals surface area contributed by atoms with Gasteiger partial charge in [0.25, 0.3) is 0 Å². The first-order valence-electron chi connectivity index (χ1n) is 5.51. The zero-order valence-corrected chi connectivity index (χ0v) is 10.1. The van der Waals surface area contributed by atoms with Gasteiger partial charge in [-0.25, -0.2) is 0 Å². The van der Waals surface area contributed by atoms with Crippen LogP contribution in [0.25, 0.3) is 0 Å². The fraction of sp³-hybridized carbons (Fsp3) is 0.385. The lowest BCUT2D eigenvalue weighted by atomic mass is 9.95. The van der Waals surface area contributed by atoms with E-state index in [0.717, 1.165) is 41.2 Å². The van der Waals surface area contributed by atoms with Gasteiger partial charge in [-0.05, 0) is 36.5 Å². The minimum atomic E-state index is -0.146. The van der Waals surface area contributed by atoms with E-state index in [-0.39, 0.29) is 6.04 Å². The summed E-state index contributed by atoms with van der Waals surface area (Å²) in [7, 11) is 0. The summed E-state index contributed by atoms with van der Waals surface area (Å²) in [4.78, 5) is 0. The van der Waals surface area contributed by atoms with Gasteiger partial charge in [0.2, 0.25) is 0 Å². The maximum absolute atomic E-state index is 6.26. The molecule has 0 bridgehead atoms. The van der Waals surface area contributed by atoms with Crippen LogP contribution in [0.4, 0.5) is 0 Å². The van der Waals surface area contributed by atoms with Crippen molar-refractivity contribution in [2.45, 2.75) is 25.8 Å². The highest BCUT2D eigenvalue weighted by Crippen LogP contribution is 2.31. The van der Waals surface area contributed by atoms with Crippen molar-refractivity contribution in [1.82, 2.24) is 0 Å². The standard InChI is InChI=1S/C13H16ClNO/c1-9-4-2-6-11(12(9)14)13(15)10-5-3-7-16-8-10/h2,4,6,8,13H,3,5,7,15H2,1H3. The van der Waals surface area contributed by atoms with Crippen molar-refractivity contribution in [3.63, 3.8) is 0 Å². The molecule has 86 valence electrons. The summed E-state index contributed by atoms with van der Waals surface area (Å²) in [6.45, 7) is 2.78. The molecule has 0 aromatic heterocycles. The van der Waals surface area contributed by atoms with Gasteiger partial charge in [0.05, 0.1) is 18.9 Å². The van der Waals surface area contributed by atoms with Gasteiger partial charge in [-0.3, -0.25) is 0 Å². The van der Waals surface area contributed by atoms with E-state index in [1.807, 2.05) is 25.1 Å². The fourth-order valence-electron chi connectivity index (χ4n) is 1.92. The number of aryl methyl sites for hydroxylation is 1. The molecule has 0 amide bonds. The van der Waals surface area contributed by atoms with Gasteiger partial charge in [0, 0.05) is 5.02 Å². The van der Waals surface area contributed by atoms with Gasteiger partial charge in [-0.2, -0.15) is 0 Å². The number of hydrogen-bond donors (Lipinski definition) is 1. The summed E-state index contributed by atoms with van der Waals surface area (Å²) in [5.41, 5.74) is 9.38. The van der Waals surface area contributed by atoms with Crippen molar-refractivity contribution in [2.24, 2.45) is 5.73 Å². The van der Waals surface area contributed by atoms with E-state index in [4.69, 9.17) is 22.1 Å². The summed E-state index contributed by atoms with van der Waals surface area (Å²) in [6.07, 6.45) is 3.81. The highest BCUT2D eigenvalue weighted by atomic mass is 35.5. The summed E-state index contributed by atoms with van der Waals surface area (Å²) >= 11 is 6.26. The van der Waals surface area contributed by atoms with Crippen LogP contribution in [0.3, 0.4) is 0 Å². The lowest BCUT2D eigenvalue weighted by Crippen LogP contribution is -2.17. The van der Waals surface area contributed by atoms with E-state index in [1.54, 1.807) is 6.26 Å². The van der Waals surface area contributed by atoms with Crippen LogP contribution in [0.15, 0.2) is 30.0 Å². The molecule has 0 saturated heterocycles. The summed E-state index contributed by atoms with van der Waals surface area (Å²) in [5, 5.41) is 0.765. The predicted octanol–water partition coefficient (Wildman–Crippen LogP) is 3.34. The number of hydrogen-bond acceptors (Lipinski definition) is 2. The largest absolute Gasteiger partial charge is 0.501 e. The second kappa shape index (κ2) is 4.89. The van der Waals surface area contributed by atoms with Crippen LogP contribution in [0, 0.1) is 6.92 Å². The van der Waals surface area contributed by atoms with Gasteiger partial charge in [-0.15, -0.1) is 0 Å². The molecular formula is C13H16ClNO. The Morgan fingerprint density at radius 1 is 1.44 bits per heavy atom. The molecule has 0 saturated carbocycles. The number of nitrogens with two attached hydrogens (primary N) is 1. The molecular weight excluding hydrogens is 222 g/mol.